The molecule has 4 rings (SSSR count). The number of likely N-dealkylation sites (tertiary alicyclic amines) is 1. The molecule has 190 valence electrons. The van der Waals surface area contributed by atoms with Crippen molar-refractivity contribution < 1.29 is 13.2 Å². The highest BCUT2D eigenvalue weighted by molar-refractivity contribution is 6.16. The molecule has 7 heteroatoms. The molecule has 2 heterocycles. The molecule has 2 aromatic rings. The first-order valence-corrected chi connectivity index (χ1v) is 12.4. The Bertz CT molecular complexity index is 1140. The quantitative estimate of drug-likeness (QED) is 0.389. The summed E-state index contributed by atoms with van der Waals surface area (Å²) in [5, 5.41) is 7.09. The molecule has 0 spiro atoms. The summed E-state index contributed by atoms with van der Waals surface area (Å²) in [5.74, 6) is 0.807. The maximum Gasteiger partial charge on any atom is 0.431 e. The second-order valence-electron chi connectivity index (χ2n) is 9.79. The van der Waals surface area contributed by atoms with Gasteiger partial charge in [0.05, 0.1) is 5.71 Å². The average Bonchev–Trinajstić information content (AvgIpc) is 3.39. The molecule has 1 saturated heterocycles. The molecule has 0 radical (unpaired) electrons. The van der Waals surface area contributed by atoms with E-state index in [1.54, 1.807) is 0 Å². The van der Waals surface area contributed by atoms with Crippen LogP contribution in [0.2, 0.25) is 0 Å². The van der Waals surface area contributed by atoms with Crippen LogP contribution in [0.1, 0.15) is 44.2 Å². The van der Waals surface area contributed by atoms with Gasteiger partial charge in [0.1, 0.15) is 5.71 Å². The Balaban J connectivity index is 1.46. The van der Waals surface area contributed by atoms with Crippen LogP contribution in [0.5, 0.6) is 0 Å². The van der Waals surface area contributed by atoms with Crippen LogP contribution in [0.4, 0.5) is 18.9 Å². The molecule has 2 aromatic carbocycles. The van der Waals surface area contributed by atoms with Crippen LogP contribution < -0.4 is 4.90 Å². The number of halogens is 3. The molecular formula is C29H33F3N4. The summed E-state index contributed by atoms with van der Waals surface area (Å²) in [4.78, 5) is 4.64. The number of allylic oxidation sites excluding steroid dienone is 2. The highest BCUT2D eigenvalue weighted by Crippen LogP contribution is 2.33. The maximum atomic E-state index is 12.9. The van der Waals surface area contributed by atoms with E-state index >= 15 is 0 Å². The third-order valence-electron chi connectivity index (χ3n) is 7.03. The fraction of sp³-hybridized carbons (Fsp3) is 0.379. The van der Waals surface area contributed by atoms with Crippen molar-refractivity contribution in [3.8, 4) is 0 Å². The highest BCUT2D eigenvalue weighted by atomic mass is 19.4. The minimum absolute atomic E-state index is 0.294. The molecule has 0 aromatic heterocycles. The Labute approximate surface area is 211 Å². The number of rotatable bonds is 8. The predicted molar refractivity (Wildman–Crippen MR) is 141 cm³/mol. The summed E-state index contributed by atoms with van der Waals surface area (Å²) < 4.78 is 38.8. The Hall–Kier alpha value is -3.35. The zero-order valence-electron chi connectivity index (χ0n) is 20.9. The van der Waals surface area contributed by atoms with E-state index in [1.165, 1.54) is 5.70 Å². The topological polar surface area (TPSA) is 31.2 Å². The first-order chi connectivity index (χ1) is 17.1. The zero-order chi connectivity index (χ0) is 25.9. The van der Waals surface area contributed by atoms with Crippen molar-refractivity contribution in [2.75, 3.05) is 18.0 Å². The van der Waals surface area contributed by atoms with Crippen molar-refractivity contribution in [1.82, 2.24) is 4.90 Å². The van der Waals surface area contributed by atoms with Gasteiger partial charge < -0.3 is 9.80 Å². The Morgan fingerprint density at radius 1 is 1.00 bits per heavy atom. The number of piperidine rings is 1. The molecule has 0 unspecified atom stereocenters. The van der Waals surface area contributed by atoms with Gasteiger partial charge in [-0.05, 0) is 42.0 Å². The molecule has 4 nitrogen and oxygen atoms in total. The molecule has 0 atom stereocenters. The van der Waals surface area contributed by atoms with Gasteiger partial charge in [-0.25, -0.2) is 0 Å². The predicted octanol–water partition coefficient (Wildman–Crippen LogP) is 7.20. The molecule has 0 bridgehead atoms. The summed E-state index contributed by atoms with van der Waals surface area (Å²) in [7, 11) is 0. The fourth-order valence-electron chi connectivity index (χ4n) is 4.70. The first kappa shape index (κ1) is 25.7. The summed E-state index contributed by atoms with van der Waals surface area (Å²) in [5.41, 5.74) is 4.55. The van der Waals surface area contributed by atoms with E-state index < -0.39 is 11.9 Å². The van der Waals surface area contributed by atoms with Gasteiger partial charge in [-0.15, -0.1) is 5.10 Å². The van der Waals surface area contributed by atoms with E-state index in [2.05, 4.69) is 59.1 Å². The zero-order valence-corrected chi connectivity index (χ0v) is 20.9. The fourth-order valence-corrected chi connectivity index (χ4v) is 4.70. The van der Waals surface area contributed by atoms with Gasteiger partial charge in [-0.3, -0.25) is 0 Å². The van der Waals surface area contributed by atoms with Crippen molar-refractivity contribution in [2.45, 2.75) is 45.8 Å². The minimum Gasteiger partial charge on any atom is -0.375 e. The van der Waals surface area contributed by atoms with Gasteiger partial charge >= 0.3 is 6.18 Å². The number of benzene rings is 2. The maximum absolute atomic E-state index is 12.9. The van der Waals surface area contributed by atoms with Crippen LogP contribution in [0.25, 0.3) is 0 Å². The lowest BCUT2D eigenvalue weighted by Crippen LogP contribution is -2.37. The number of hydrogen-bond donors (Lipinski definition) is 0. The molecule has 2 aliphatic rings. The lowest BCUT2D eigenvalue weighted by Gasteiger charge is -2.39. The first-order valence-electron chi connectivity index (χ1n) is 12.4. The van der Waals surface area contributed by atoms with Gasteiger partial charge in [0.15, 0.2) is 0 Å². The van der Waals surface area contributed by atoms with Crippen LogP contribution >= 0.6 is 0 Å². The molecule has 0 aliphatic carbocycles. The largest absolute Gasteiger partial charge is 0.431 e. The molecule has 2 aliphatic heterocycles. The molecular weight excluding hydrogens is 461 g/mol. The summed E-state index contributed by atoms with van der Waals surface area (Å²) in [6.07, 6.45) is -2.69. The van der Waals surface area contributed by atoms with Crippen molar-refractivity contribution >= 4 is 17.1 Å². The van der Waals surface area contributed by atoms with E-state index in [9.17, 15) is 13.2 Å². The van der Waals surface area contributed by atoms with Crippen LogP contribution in [0.3, 0.4) is 0 Å². The standard InChI is InChI=1S/C29H33F3N4/c1-20(2)21(3)35-16-14-24(15-17-35)22(4)36(26-8-6-5-7-9-26)19-23-10-12-25(13-11-23)27-18-28(34-33-27)29(30,31)32/h5-13,20,24H,3-4,14-19H2,1-2H3. The third-order valence-corrected chi connectivity index (χ3v) is 7.03. The van der Waals surface area contributed by atoms with Crippen molar-refractivity contribution in [3.63, 3.8) is 0 Å². The van der Waals surface area contributed by atoms with E-state index in [-0.39, 0.29) is 6.42 Å². The van der Waals surface area contributed by atoms with Gasteiger partial charge in [0.2, 0.25) is 0 Å². The van der Waals surface area contributed by atoms with Gasteiger partial charge in [-0.2, -0.15) is 18.3 Å². The normalized spacial score (nSPS) is 16.7. The van der Waals surface area contributed by atoms with Gasteiger partial charge in [-0.1, -0.05) is 69.5 Å². The van der Waals surface area contributed by atoms with E-state index in [0.29, 0.717) is 29.7 Å². The van der Waals surface area contributed by atoms with Crippen LogP contribution in [0.15, 0.2) is 89.4 Å². The second kappa shape index (κ2) is 10.7. The van der Waals surface area contributed by atoms with Crippen LogP contribution in [0, 0.1) is 11.8 Å². The summed E-state index contributed by atoms with van der Waals surface area (Å²) in [6, 6.07) is 17.7. The van der Waals surface area contributed by atoms with E-state index in [0.717, 1.165) is 42.9 Å². The Kier molecular flexibility index (Phi) is 7.67. The lowest BCUT2D eigenvalue weighted by atomic mass is 9.91. The molecule has 36 heavy (non-hydrogen) atoms. The lowest BCUT2D eigenvalue weighted by molar-refractivity contribution is -0.0596. The molecule has 0 N–H and O–H groups in total. The average molecular weight is 495 g/mol. The molecule has 1 fully saturated rings. The third kappa shape index (κ3) is 5.89. The van der Waals surface area contributed by atoms with E-state index in [1.807, 2.05) is 42.5 Å². The van der Waals surface area contributed by atoms with Crippen molar-refractivity contribution in [3.05, 3.63) is 90.3 Å². The van der Waals surface area contributed by atoms with Crippen LogP contribution in [-0.4, -0.2) is 35.6 Å². The number of anilines is 1. The monoisotopic (exact) mass is 494 g/mol. The van der Waals surface area contributed by atoms with E-state index in [4.69, 9.17) is 0 Å². The van der Waals surface area contributed by atoms with Gasteiger partial charge in [0, 0.05) is 49.1 Å². The highest BCUT2D eigenvalue weighted by Gasteiger charge is 2.38. The van der Waals surface area contributed by atoms with Gasteiger partial charge in [0.25, 0.3) is 0 Å². The Morgan fingerprint density at radius 3 is 2.19 bits per heavy atom. The number of para-hydroxylation sites is 1. The minimum atomic E-state index is -4.44. The van der Waals surface area contributed by atoms with Crippen molar-refractivity contribution in [1.29, 1.82) is 0 Å². The Morgan fingerprint density at radius 2 is 1.64 bits per heavy atom. The van der Waals surface area contributed by atoms with Crippen LogP contribution in [-0.2, 0) is 6.54 Å². The summed E-state index contributed by atoms with van der Waals surface area (Å²) >= 11 is 0. The summed E-state index contributed by atoms with van der Waals surface area (Å²) in [6.45, 7) is 15.7. The number of nitrogens with zero attached hydrogens (tertiary/aromatic N) is 4. The molecule has 0 amide bonds. The number of alkyl halides is 3. The second-order valence-corrected chi connectivity index (χ2v) is 9.79. The van der Waals surface area contributed by atoms with Crippen molar-refractivity contribution in [2.24, 2.45) is 22.0 Å². The SMILES string of the molecule is C=C(C(C)C)N1CCC(C(=C)N(Cc2ccc(C3=NN=C(C(F)(F)F)C3)cc2)c2ccccc2)CC1. The molecule has 0 saturated carbocycles. The number of hydrogen-bond acceptors (Lipinski definition) is 4. The smallest absolute Gasteiger partial charge is 0.375 e.